The largest absolute Gasteiger partial charge is 0.356 e. The van der Waals surface area contributed by atoms with Crippen molar-refractivity contribution in [1.82, 2.24) is 20.0 Å². The molecule has 0 aliphatic carbocycles. The highest BCUT2D eigenvalue weighted by atomic mass is 19.1. The van der Waals surface area contributed by atoms with E-state index >= 15 is 0 Å². The Hall–Kier alpha value is -3.00. The Morgan fingerprint density at radius 3 is 2.37 bits per heavy atom. The number of benzene rings is 1. The molecule has 2 aliphatic heterocycles. The summed E-state index contributed by atoms with van der Waals surface area (Å²) in [5, 5.41) is 4.30. The minimum atomic E-state index is -0.256. The van der Waals surface area contributed by atoms with Crippen molar-refractivity contribution < 1.29 is 8.91 Å². The van der Waals surface area contributed by atoms with E-state index in [2.05, 4.69) is 38.0 Å². The molecule has 5 rings (SSSR count). The van der Waals surface area contributed by atoms with Crippen molar-refractivity contribution >= 4 is 11.6 Å². The predicted molar refractivity (Wildman–Crippen MR) is 113 cm³/mol. The Labute approximate surface area is 175 Å². The quantitative estimate of drug-likeness (QED) is 0.660. The van der Waals surface area contributed by atoms with E-state index in [9.17, 15) is 4.39 Å². The summed E-state index contributed by atoms with van der Waals surface area (Å²) in [6.45, 7) is 7.43. The maximum atomic E-state index is 13.3. The van der Waals surface area contributed by atoms with E-state index in [1.807, 2.05) is 6.92 Å². The lowest BCUT2D eigenvalue weighted by molar-refractivity contribution is 0.312. The van der Waals surface area contributed by atoms with Gasteiger partial charge in [-0.15, -0.1) is 0 Å². The first-order chi connectivity index (χ1) is 14.6. The smallest absolute Gasteiger partial charge is 0.170 e. The number of hydrogen-bond acceptors (Lipinski definition) is 7. The Bertz CT molecular complexity index is 1040. The average molecular weight is 408 g/mol. The van der Waals surface area contributed by atoms with Crippen molar-refractivity contribution in [3.63, 3.8) is 0 Å². The summed E-state index contributed by atoms with van der Waals surface area (Å²) in [7, 11) is 2.15. The van der Waals surface area contributed by atoms with Gasteiger partial charge in [-0.1, -0.05) is 5.16 Å². The van der Waals surface area contributed by atoms with Crippen LogP contribution in [0.3, 0.4) is 0 Å². The van der Waals surface area contributed by atoms with Crippen LogP contribution in [0.5, 0.6) is 0 Å². The Balaban J connectivity index is 1.38. The highest BCUT2D eigenvalue weighted by Crippen LogP contribution is 2.32. The minimum Gasteiger partial charge on any atom is -0.356 e. The van der Waals surface area contributed by atoms with Gasteiger partial charge in [-0.25, -0.2) is 14.4 Å². The van der Waals surface area contributed by atoms with Gasteiger partial charge in [0.05, 0.1) is 6.54 Å². The molecule has 0 bridgehead atoms. The fourth-order valence-electron chi connectivity index (χ4n) is 4.15. The lowest BCUT2D eigenvalue weighted by Crippen LogP contribution is -2.45. The van der Waals surface area contributed by atoms with Gasteiger partial charge in [-0.3, -0.25) is 0 Å². The number of fused-ring (bicyclic) bond motifs is 1. The van der Waals surface area contributed by atoms with Crippen molar-refractivity contribution in [2.24, 2.45) is 0 Å². The normalized spacial score (nSPS) is 17.3. The van der Waals surface area contributed by atoms with Crippen molar-refractivity contribution in [3.8, 4) is 11.3 Å². The number of rotatable bonds is 3. The van der Waals surface area contributed by atoms with Gasteiger partial charge in [-0.05, 0) is 44.7 Å². The van der Waals surface area contributed by atoms with Gasteiger partial charge in [0.15, 0.2) is 5.76 Å². The molecule has 0 spiro atoms. The molecule has 8 heteroatoms. The van der Waals surface area contributed by atoms with Gasteiger partial charge in [0.1, 0.15) is 29.0 Å². The molecule has 2 aliphatic rings. The summed E-state index contributed by atoms with van der Waals surface area (Å²) in [5.74, 6) is 3.17. The van der Waals surface area contributed by atoms with Gasteiger partial charge < -0.3 is 19.2 Å². The molecule has 0 atom stereocenters. The first kappa shape index (κ1) is 19.0. The number of aromatic nitrogens is 3. The van der Waals surface area contributed by atoms with Crippen LogP contribution in [0.15, 0.2) is 34.9 Å². The fourth-order valence-corrected chi connectivity index (χ4v) is 4.15. The van der Waals surface area contributed by atoms with Crippen molar-refractivity contribution in [1.29, 1.82) is 0 Å². The van der Waals surface area contributed by atoms with Crippen LogP contribution in [0.25, 0.3) is 11.3 Å². The molecule has 2 aromatic heterocycles. The maximum absolute atomic E-state index is 13.3. The van der Waals surface area contributed by atoms with Crippen LogP contribution >= 0.6 is 0 Å². The molecule has 1 fully saturated rings. The maximum Gasteiger partial charge on any atom is 0.170 e. The number of aryl methyl sites for hydroxylation is 1. The fraction of sp³-hybridized carbons (Fsp3) is 0.409. The van der Waals surface area contributed by atoms with Crippen molar-refractivity contribution in [3.05, 3.63) is 53.2 Å². The zero-order valence-electron chi connectivity index (χ0n) is 17.3. The van der Waals surface area contributed by atoms with E-state index in [0.717, 1.165) is 79.2 Å². The van der Waals surface area contributed by atoms with Gasteiger partial charge >= 0.3 is 0 Å². The van der Waals surface area contributed by atoms with Gasteiger partial charge in [-0.2, -0.15) is 0 Å². The molecule has 0 radical (unpaired) electrons. The second-order valence-corrected chi connectivity index (χ2v) is 8.04. The second-order valence-electron chi connectivity index (χ2n) is 8.04. The summed E-state index contributed by atoms with van der Waals surface area (Å²) in [6, 6.07) is 8.45. The summed E-state index contributed by atoms with van der Waals surface area (Å²) in [5.41, 5.74) is 2.87. The number of piperazine rings is 1. The standard InChI is InChI=1S/C22H25FN6O/c1-15-24-20(28-11-9-27(2)10-12-28)13-21(25-15)29-8-7-18-19(14-29)26-30-22(18)16-3-5-17(23)6-4-16/h3-6,13H,7-12,14H2,1-2H3. The molecule has 156 valence electrons. The number of nitrogens with zero attached hydrogens (tertiary/aromatic N) is 6. The summed E-state index contributed by atoms with van der Waals surface area (Å²) < 4.78 is 18.9. The van der Waals surface area contributed by atoms with E-state index in [0.29, 0.717) is 6.54 Å². The molecular formula is C22H25FN6O. The Kier molecular flexibility index (Phi) is 4.86. The van der Waals surface area contributed by atoms with Crippen LogP contribution in [0, 0.1) is 12.7 Å². The molecule has 7 nitrogen and oxygen atoms in total. The Morgan fingerprint density at radius 2 is 1.63 bits per heavy atom. The molecule has 0 N–H and O–H groups in total. The summed E-state index contributed by atoms with van der Waals surface area (Å²) in [4.78, 5) is 16.3. The molecule has 0 amide bonds. The lowest BCUT2D eigenvalue weighted by Gasteiger charge is -2.34. The first-order valence-electron chi connectivity index (χ1n) is 10.3. The molecule has 1 saturated heterocycles. The lowest BCUT2D eigenvalue weighted by atomic mass is 10.0. The van der Waals surface area contributed by atoms with Crippen LogP contribution in [0.2, 0.25) is 0 Å². The van der Waals surface area contributed by atoms with Gasteiger partial charge in [0, 0.05) is 49.9 Å². The zero-order chi connectivity index (χ0) is 20.7. The second kappa shape index (κ2) is 7.68. The topological polar surface area (TPSA) is 61.5 Å². The molecule has 1 aromatic carbocycles. The molecular weight excluding hydrogens is 383 g/mol. The molecule has 4 heterocycles. The Morgan fingerprint density at radius 1 is 0.933 bits per heavy atom. The third kappa shape index (κ3) is 3.63. The van der Waals surface area contributed by atoms with Gasteiger partial charge in [0.25, 0.3) is 0 Å². The number of likely N-dealkylation sites (N-methyl/N-ethyl adjacent to an activating group) is 1. The highest BCUT2D eigenvalue weighted by Gasteiger charge is 2.26. The van der Waals surface area contributed by atoms with Crippen molar-refractivity contribution in [2.75, 3.05) is 49.6 Å². The molecule has 3 aromatic rings. The molecule has 0 unspecified atom stereocenters. The van der Waals surface area contributed by atoms with E-state index in [-0.39, 0.29) is 5.82 Å². The van der Waals surface area contributed by atoms with Crippen LogP contribution in [-0.2, 0) is 13.0 Å². The van der Waals surface area contributed by atoms with Gasteiger partial charge in [0.2, 0.25) is 0 Å². The first-order valence-corrected chi connectivity index (χ1v) is 10.3. The minimum absolute atomic E-state index is 0.256. The summed E-state index contributed by atoms with van der Waals surface area (Å²) >= 11 is 0. The van der Waals surface area contributed by atoms with E-state index in [4.69, 9.17) is 9.51 Å². The van der Waals surface area contributed by atoms with Crippen LogP contribution < -0.4 is 9.80 Å². The number of halogens is 1. The zero-order valence-corrected chi connectivity index (χ0v) is 17.3. The van der Waals surface area contributed by atoms with Crippen LogP contribution in [0.1, 0.15) is 17.1 Å². The average Bonchev–Trinajstić information content (AvgIpc) is 3.17. The third-order valence-electron chi connectivity index (χ3n) is 5.91. The number of anilines is 2. The van der Waals surface area contributed by atoms with E-state index in [1.54, 1.807) is 12.1 Å². The highest BCUT2D eigenvalue weighted by molar-refractivity contribution is 5.63. The molecule has 0 saturated carbocycles. The van der Waals surface area contributed by atoms with Crippen molar-refractivity contribution in [2.45, 2.75) is 19.9 Å². The predicted octanol–water partition coefficient (Wildman–Crippen LogP) is 2.89. The van der Waals surface area contributed by atoms with E-state index < -0.39 is 0 Å². The third-order valence-corrected chi connectivity index (χ3v) is 5.91. The van der Waals surface area contributed by atoms with E-state index in [1.165, 1.54) is 12.1 Å². The summed E-state index contributed by atoms with van der Waals surface area (Å²) in [6.07, 6.45) is 0.804. The monoisotopic (exact) mass is 408 g/mol. The number of hydrogen-bond donors (Lipinski definition) is 0. The van der Waals surface area contributed by atoms with Crippen LogP contribution in [0.4, 0.5) is 16.0 Å². The van der Waals surface area contributed by atoms with Crippen LogP contribution in [-0.4, -0.2) is 59.8 Å². The molecule has 30 heavy (non-hydrogen) atoms. The SMILES string of the molecule is Cc1nc(N2CCN(C)CC2)cc(N2CCc3c(noc3-c3ccc(F)cc3)C2)n1.